The fourth-order valence-corrected chi connectivity index (χ4v) is 3.03. The molecular formula is C10H15NO3S2. The van der Waals surface area contributed by atoms with Crippen LogP contribution in [-0.2, 0) is 9.53 Å². The lowest BCUT2D eigenvalue weighted by molar-refractivity contribution is -0.150. The van der Waals surface area contributed by atoms with Gasteiger partial charge in [-0.25, -0.2) is 9.78 Å². The Bertz CT molecular complexity index is 341. The first kappa shape index (κ1) is 13.5. The van der Waals surface area contributed by atoms with Crippen LogP contribution in [0, 0.1) is 6.92 Å². The maximum atomic E-state index is 10.8. The third-order valence-electron chi connectivity index (χ3n) is 1.85. The number of nitrogens with zero attached hydrogens (tertiary/aromatic N) is 1. The number of aliphatic carboxylic acids is 1. The molecule has 0 fully saturated rings. The van der Waals surface area contributed by atoms with Crippen molar-refractivity contribution in [2.24, 2.45) is 0 Å². The lowest BCUT2D eigenvalue weighted by atomic mass is 10.3. The molecule has 0 spiro atoms. The first-order valence-corrected chi connectivity index (χ1v) is 6.89. The first-order chi connectivity index (χ1) is 7.63. The van der Waals surface area contributed by atoms with Crippen molar-refractivity contribution in [2.45, 2.75) is 30.7 Å². The number of carboxylic acids is 1. The molecular weight excluding hydrogens is 246 g/mol. The number of thioether (sulfide) groups is 1. The van der Waals surface area contributed by atoms with E-state index in [0.717, 1.165) is 10.0 Å². The maximum Gasteiger partial charge on any atom is 0.332 e. The molecule has 6 heteroatoms. The highest BCUT2D eigenvalue weighted by Gasteiger charge is 2.17. The van der Waals surface area contributed by atoms with Gasteiger partial charge in [-0.2, -0.15) is 0 Å². The highest BCUT2D eigenvalue weighted by molar-refractivity contribution is 8.01. The lowest BCUT2D eigenvalue weighted by Gasteiger charge is -2.10. The van der Waals surface area contributed by atoms with Crippen LogP contribution < -0.4 is 0 Å². The molecule has 1 aromatic rings. The Kier molecular flexibility index (Phi) is 5.79. The van der Waals surface area contributed by atoms with E-state index in [1.807, 2.05) is 12.3 Å². The molecule has 1 aromatic heterocycles. The summed E-state index contributed by atoms with van der Waals surface area (Å²) in [4.78, 5) is 15.1. The van der Waals surface area contributed by atoms with Gasteiger partial charge in [0.25, 0.3) is 0 Å². The Balaban J connectivity index is 2.30. The van der Waals surface area contributed by atoms with E-state index in [9.17, 15) is 4.79 Å². The minimum Gasteiger partial charge on any atom is -0.479 e. The zero-order valence-electron chi connectivity index (χ0n) is 9.30. The molecule has 1 heterocycles. The molecule has 1 rings (SSSR count). The summed E-state index contributed by atoms with van der Waals surface area (Å²) in [5, 5.41) is 10.8. The summed E-state index contributed by atoms with van der Waals surface area (Å²) in [5.41, 5.74) is 1.01. The molecule has 16 heavy (non-hydrogen) atoms. The molecule has 0 aliphatic heterocycles. The van der Waals surface area contributed by atoms with Crippen molar-refractivity contribution in [3.63, 3.8) is 0 Å². The van der Waals surface area contributed by atoms with E-state index >= 15 is 0 Å². The van der Waals surface area contributed by atoms with Gasteiger partial charge in [0.15, 0.2) is 6.10 Å². The van der Waals surface area contributed by atoms with Gasteiger partial charge in [-0.15, -0.1) is 11.3 Å². The number of thiazole rings is 1. The predicted molar refractivity (Wildman–Crippen MR) is 65.2 cm³/mol. The highest BCUT2D eigenvalue weighted by atomic mass is 32.2. The van der Waals surface area contributed by atoms with Crippen LogP contribution in [0.2, 0.25) is 0 Å². The molecule has 0 amide bonds. The van der Waals surface area contributed by atoms with Gasteiger partial charge in [0.05, 0.1) is 0 Å². The second-order valence-electron chi connectivity index (χ2n) is 3.17. The van der Waals surface area contributed by atoms with Crippen molar-refractivity contribution >= 4 is 29.1 Å². The number of hydrogen-bond donors (Lipinski definition) is 1. The SMILES string of the molecule is CCOC(CCSc1nc(C)cs1)C(=O)O. The van der Waals surface area contributed by atoms with Crippen molar-refractivity contribution in [2.75, 3.05) is 12.4 Å². The zero-order valence-corrected chi connectivity index (χ0v) is 10.9. The van der Waals surface area contributed by atoms with E-state index in [4.69, 9.17) is 9.84 Å². The summed E-state index contributed by atoms with van der Waals surface area (Å²) in [5.74, 6) is -0.179. The standard InChI is InChI=1S/C10H15NO3S2/c1-3-14-8(9(12)13)4-5-15-10-11-7(2)6-16-10/h6,8H,3-5H2,1-2H3,(H,12,13). The Hall–Kier alpha value is -0.590. The largest absolute Gasteiger partial charge is 0.479 e. The number of carboxylic acid groups (broad SMARTS) is 1. The van der Waals surface area contributed by atoms with Gasteiger partial charge < -0.3 is 9.84 Å². The van der Waals surface area contributed by atoms with Crippen molar-refractivity contribution in [1.82, 2.24) is 4.98 Å². The predicted octanol–water partition coefficient (Wildman–Crippen LogP) is 2.42. The smallest absolute Gasteiger partial charge is 0.332 e. The molecule has 1 unspecified atom stereocenters. The van der Waals surface area contributed by atoms with Crippen LogP contribution in [0.5, 0.6) is 0 Å². The van der Waals surface area contributed by atoms with Crippen LogP contribution in [-0.4, -0.2) is 34.5 Å². The molecule has 0 aliphatic carbocycles. The van der Waals surface area contributed by atoms with Crippen LogP contribution >= 0.6 is 23.1 Å². The van der Waals surface area contributed by atoms with Crippen molar-refractivity contribution in [3.8, 4) is 0 Å². The van der Waals surface area contributed by atoms with Gasteiger partial charge in [-0.05, 0) is 20.3 Å². The van der Waals surface area contributed by atoms with E-state index in [2.05, 4.69) is 4.98 Å². The third-order valence-corrected chi connectivity index (χ3v) is 4.02. The molecule has 0 aromatic carbocycles. The van der Waals surface area contributed by atoms with E-state index in [0.29, 0.717) is 18.8 Å². The molecule has 1 N–H and O–H groups in total. The maximum absolute atomic E-state index is 10.8. The molecule has 0 radical (unpaired) electrons. The summed E-state index contributed by atoms with van der Waals surface area (Å²) < 4.78 is 6.10. The number of ether oxygens (including phenoxy) is 1. The Morgan fingerprint density at radius 3 is 3.00 bits per heavy atom. The Morgan fingerprint density at radius 1 is 1.75 bits per heavy atom. The number of aromatic nitrogens is 1. The quantitative estimate of drug-likeness (QED) is 0.764. The van der Waals surface area contributed by atoms with Crippen molar-refractivity contribution in [1.29, 1.82) is 0 Å². The van der Waals surface area contributed by atoms with Crippen LogP contribution in [0.25, 0.3) is 0 Å². The topological polar surface area (TPSA) is 59.4 Å². The average molecular weight is 261 g/mol. The third kappa shape index (κ3) is 4.51. The molecule has 0 aliphatic rings. The number of carbonyl (C=O) groups is 1. The molecule has 4 nitrogen and oxygen atoms in total. The summed E-state index contributed by atoms with van der Waals surface area (Å²) in [6, 6.07) is 0. The second kappa shape index (κ2) is 6.88. The Labute approximate surface area is 103 Å². The van der Waals surface area contributed by atoms with Gasteiger partial charge in [0.2, 0.25) is 0 Å². The summed E-state index contributed by atoms with van der Waals surface area (Å²) >= 11 is 3.16. The molecule has 90 valence electrons. The molecule has 0 saturated heterocycles. The monoisotopic (exact) mass is 261 g/mol. The first-order valence-electron chi connectivity index (χ1n) is 5.02. The van der Waals surface area contributed by atoms with E-state index < -0.39 is 12.1 Å². The van der Waals surface area contributed by atoms with Gasteiger partial charge in [-0.3, -0.25) is 0 Å². The number of rotatable bonds is 7. The zero-order chi connectivity index (χ0) is 12.0. The fourth-order valence-electron chi connectivity index (χ4n) is 1.13. The van der Waals surface area contributed by atoms with Crippen molar-refractivity contribution < 1.29 is 14.6 Å². The van der Waals surface area contributed by atoms with E-state index in [-0.39, 0.29) is 0 Å². The normalized spacial score (nSPS) is 12.6. The highest BCUT2D eigenvalue weighted by Crippen LogP contribution is 2.23. The van der Waals surface area contributed by atoms with Gasteiger partial charge in [-0.1, -0.05) is 11.8 Å². The molecule has 1 atom stereocenters. The van der Waals surface area contributed by atoms with Gasteiger partial charge >= 0.3 is 5.97 Å². The van der Waals surface area contributed by atoms with Crippen LogP contribution in [0.4, 0.5) is 0 Å². The van der Waals surface area contributed by atoms with Crippen molar-refractivity contribution in [3.05, 3.63) is 11.1 Å². The minimum atomic E-state index is -0.891. The van der Waals surface area contributed by atoms with Crippen LogP contribution in [0.15, 0.2) is 9.72 Å². The lowest BCUT2D eigenvalue weighted by Crippen LogP contribution is -2.24. The summed E-state index contributed by atoms with van der Waals surface area (Å²) in [6.07, 6.45) is -0.189. The number of hydrogen-bond acceptors (Lipinski definition) is 5. The van der Waals surface area contributed by atoms with E-state index in [1.54, 1.807) is 30.0 Å². The number of aryl methyl sites for hydroxylation is 1. The van der Waals surface area contributed by atoms with Gasteiger partial charge in [0.1, 0.15) is 4.34 Å². The van der Waals surface area contributed by atoms with E-state index in [1.165, 1.54) is 0 Å². The summed E-state index contributed by atoms with van der Waals surface area (Å²) in [7, 11) is 0. The average Bonchev–Trinajstić information content (AvgIpc) is 2.63. The fraction of sp³-hybridized carbons (Fsp3) is 0.600. The van der Waals surface area contributed by atoms with Crippen LogP contribution in [0.3, 0.4) is 0 Å². The second-order valence-corrected chi connectivity index (χ2v) is 5.37. The molecule has 0 bridgehead atoms. The Morgan fingerprint density at radius 2 is 2.50 bits per heavy atom. The van der Waals surface area contributed by atoms with Crippen LogP contribution in [0.1, 0.15) is 19.0 Å². The summed E-state index contributed by atoms with van der Waals surface area (Å²) in [6.45, 7) is 4.17. The molecule has 0 saturated carbocycles. The minimum absolute atomic E-state index is 0.429. The van der Waals surface area contributed by atoms with Gasteiger partial charge in [0, 0.05) is 23.4 Å².